The van der Waals surface area contributed by atoms with Gasteiger partial charge in [0.25, 0.3) is 0 Å². The maximum Gasteiger partial charge on any atom is 0.0766 e. The molecule has 0 aliphatic heterocycles. The number of rotatable bonds is 3. The summed E-state index contributed by atoms with van der Waals surface area (Å²) in [5.74, 6) is 0. The van der Waals surface area contributed by atoms with Crippen molar-refractivity contribution in [2.45, 2.75) is 38.1 Å². The van der Waals surface area contributed by atoms with Gasteiger partial charge >= 0.3 is 0 Å². The lowest BCUT2D eigenvalue weighted by Crippen LogP contribution is -2.25. The minimum Gasteiger partial charge on any atom is -0.325 e. The van der Waals surface area contributed by atoms with Crippen molar-refractivity contribution in [2.75, 3.05) is 0 Å². The quantitative estimate of drug-likeness (QED) is 0.898. The molecule has 0 spiro atoms. The first-order chi connectivity index (χ1) is 6.56. The number of hydrogen-bond acceptors (Lipinski definition) is 2. The van der Waals surface area contributed by atoms with Crippen LogP contribution in [-0.4, -0.2) is 15.3 Å². The van der Waals surface area contributed by atoms with Gasteiger partial charge in [-0.1, -0.05) is 6.92 Å². The van der Waals surface area contributed by atoms with Crippen LogP contribution in [0.3, 0.4) is 0 Å². The molecular formula is C10H16BrN3. The number of halogens is 1. The fourth-order valence-corrected chi connectivity index (χ4v) is 2.44. The molecule has 78 valence electrons. The van der Waals surface area contributed by atoms with E-state index in [1.54, 1.807) is 0 Å². The Kier molecular flexibility index (Phi) is 2.43. The molecule has 0 radical (unpaired) electrons. The molecule has 1 heterocycles. The Labute approximate surface area is 92.8 Å². The third-order valence-corrected chi connectivity index (χ3v) is 3.83. The highest BCUT2D eigenvalue weighted by molar-refractivity contribution is 9.10. The van der Waals surface area contributed by atoms with E-state index in [2.05, 4.69) is 28.0 Å². The summed E-state index contributed by atoms with van der Waals surface area (Å²) in [6, 6.07) is 0. The number of aromatic nitrogens is 2. The molecule has 0 saturated heterocycles. The normalized spacial score (nSPS) is 18.6. The van der Waals surface area contributed by atoms with Gasteiger partial charge in [0.15, 0.2) is 0 Å². The molecule has 1 aliphatic carbocycles. The van der Waals surface area contributed by atoms with Crippen LogP contribution in [0.2, 0.25) is 0 Å². The molecule has 1 fully saturated rings. The number of nitrogens with zero attached hydrogens (tertiary/aromatic N) is 2. The molecule has 0 atom stereocenters. The molecule has 0 amide bonds. The SMILES string of the molecule is CCc1nn(C)c(CC2(N)CC2)c1Br. The molecule has 0 aromatic carbocycles. The van der Waals surface area contributed by atoms with E-state index in [9.17, 15) is 0 Å². The molecule has 0 bridgehead atoms. The van der Waals surface area contributed by atoms with Crippen LogP contribution in [0, 0.1) is 0 Å². The summed E-state index contributed by atoms with van der Waals surface area (Å²) in [6.07, 6.45) is 4.20. The fraction of sp³-hybridized carbons (Fsp3) is 0.700. The molecule has 2 rings (SSSR count). The maximum atomic E-state index is 6.11. The Morgan fingerprint density at radius 1 is 1.57 bits per heavy atom. The zero-order valence-corrected chi connectivity index (χ0v) is 10.3. The van der Waals surface area contributed by atoms with Gasteiger partial charge in [-0.3, -0.25) is 4.68 Å². The molecule has 1 aromatic heterocycles. The first kappa shape index (κ1) is 10.2. The van der Waals surface area contributed by atoms with Gasteiger partial charge in [-0.25, -0.2) is 0 Å². The van der Waals surface area contributed by atoms with Gasteiger partial charge in [-0.05, 0) is 35.2 Å². The zero-order chi connectivity index (χ0) is 10.3. The Bertz CT molecular complexity index is 352. The smallest absolute Gasteiger partial charge is 0.0766 e. The molecule has 3 nitrogen and oxygen atoms in total. The summed E-state index contributed by atoms with van der Waals surface area (Å²) in [4.78, 5) is 0. The third kappa shape index (κ3) is 1.73. The maximum absolute atomic E-state index is 6.11. The van der Waals surface area contributed by atoms with E-state index in [0.717, 1.165) is 35.8 Å². The second-order valence-electron chi connectivity index (χ2n) is 4.22. The Morgan fingerprint density at radius 3 is 2.64 bits per heavy atom. The minimum absolute atomic E-state index is 0.0569. The van der Waals surface area contributed by atoms with Gasteiger partial charge in [0.2, 0.25) is 0 Å². The van der Waals surface area contributed by atoms with Crippen molar-refractivity contribution in [1.29, 1.82) is 0 Å². The van der Waals surface area contributed by atoms with Crippen molar-refractivity contribution >= 4 is 15.9 Å². The van der Waals surface area contributed by atoms with Gasteiger partial charge in [0, 0.05) is 19.0 Å². The number of nitrogens with two attached hydrogens (primary N) is 1. The average Bonchev–Trinajstić information content (AvgIpc) is 2.82. The van der Waals surface area contributed by atoms with E-state index < -0.39 is 0 Å². The monoisotopic (exact) mass is 257 g/mol. The highest BCUT2D eigenvalue weighted by Gasteiger charge is 2.39. The Morgan fingerprint density at radius 2 is 2.21 bits per heavy atom. The van der Waals surface area contributed by atoms with E-state index in [1.165, 1.54) is 5.69 Å². The highest BCUT2D eigenvalue weighted by Crippen LogP contribution is 2.37. The van der Waals surface area contributed by atoms with Crippen molar-refractivity contribution in [3.8, 4) is 0 Å². The van der Waals surface area contributed by atoms with E-state index in [4.69, 9.17) is 5.73 Å². The van der Waals surface area contributed by atoms with Crippen LogP contribution in [0.4, 0.5) is 0 Å². The fourth-order valence-electron chi connectivity index (χ4n) is 1.68. The van der Waals surface area contributed by atoms with Crippen molar-refractivity contribution in [3.63, 3.8) is 0 Å². The molecular weight excluding hydrogens is 242 g/mol. The van der Waals surface area contributed by atoms with Crippen LogP contribution in [-0.2, 0) is 19.9 Å². The van der Waals surface area contributed by atoms with Gasteiger partial charge in [0.05, 0.1) is 15.9 Å². The molecule has 1 aromatic rings. The van der Waals surface area contributed by atoms with Gasteiger partial charge < -0.3 is 5.73 Å². The summed E-state index contributed by atoms with van der Waals surface area (Å²) in [7, 11) is 1.99. The van der Waals surface area contributed by atoms with E-state index in [-0.39, 0.29) is 5.54 Å². The Hall–Kier alpha value is -0.350. The molecule has 14 heavy (non-hydrogen) atoms. The third-order valence-electron chi connectivity index (χ3n) is 2.91. The average molecular weight is 258 g/mol. The van der Waals surface area contributed by atoms with Gasteiger partial charge in [0.1, 0.15) is 0 Å². The summed E-state index contributed by atoms with van der Waals surface area (Å²) in [5.41, 5.74) is 8.53. The van der Waals surface area contributed by atoms with Gasteiger partial charge in [-0.2, -0.15) is 5.10 Å². The molecule has 0 unspecified atom stereocenters. The summed E-state index contributed by atoms with van der Waals surface area (Å²) >= 11 is 3.60. The number of aryl methyl sites for hydroxylation is 2. The molecule has 4 heteroatoms. The van der Waals surface area contributed by atoms with Crippen LogP contribution in [0.25, 0.3) is 0 Å². The van der Waals surface area contributed by atoms with Crippen LogP contribution < -0.4 is 5.73 Å². The standard InChI is InChI=1S/C10H16BrN3/c1-3-7-9(11)8(14(2)13-7)6-10(12)4-5-10/h3-6,12H2,1-2H3. The molecule has 1 aliphatic rings. The minimum atomic E-state index is 0.0569. The molecule has 2 N–H and O–H groups in total. The lowest BCUT2D eigenvalue weighted by atomic mass is 10.1. The summed E-state index contributed by atoms with van der Waals surface area (Å²) in [6.45, 7) is 2.12. The zero-order valence-electron chi connectivity index (χ0n) is 8.68. The van der Waals surface area contributed by atoms with Crippen molar-refractivity contribution in [1.82, 2.24) is 9.78 Å². The van der Waals surface area contributed by atoms with Crippen LogP contribution in [0.1, 0.15) is 31.2 Å². The van der Waals surface area contributed by atoms with E-state index >= 15 is 0 Å². The first-order valence-electron chi connectivity index (χ1n) is 5.05. The summed E-state index contributed by atoms with van der Waals surface area (Å²) in [5, 5.41) is 4.45. The van der Waals surface area contributed by atoms with E-state index in [1.807, 2.05) is 11.7 Å². The second-order valence-corrected chi connectivity index (χ2v) is 5.02. The van der Waals surface area contributed by atoms with Crippen molar-refractivity contribution < 1.29 is 0 Å². The topological polar surface area (TPSA) is 43.8 Å². The largest absolute Gasteiger partial charge is 0.325 e. The second kappa shape index (κ2) is 3.35. The number of hydrogen-bond donors (Lipinski definition) is 1. The van der Waals surface area contributed by atoms with Crippen LogP contribution in [0.15, 0.2) is 4.47 Å². The van der Waals surface area contributed by atoms with Crippen molar-refractivity contribution in [3.05, 3.63) is 15.9 Å². The van der Waals surface area contributed by atoms with Crippen LogP contribution >= 0.6 is 15.9 Å². The first-order valence-corrected chi connectivity index (χ1v) is 5.84. The Balaban J connectivity index is 2.27. The lowest BCUT2D eigenvalue weighted by molar-refractivity contribution is 0.609. The predicted octanol–water partition coefficient (Wildman–Crippen LogP) is 1.78. The lowest BCUT2D eigenvalue weighted by Gasteiger charge is -2.08. The molecule has 1 saturated carbocycles. The predicted molar refractivity (Wildman–Crippen MR) is 60.1 cm³/mol. The highest BCUT2D eigenvalue weighted by atomic mass is 79.9. The summed E-state index contributed by atoms with van der Waals surface area (Å²) < 4.78 is 3.11. The van der Waals surface area contributed by atoms with Crippen molar-refractivity contribution in [2.24, 2.45) is 12.8 Å². The van der Waals surface area contributed by atoms with E-state index in [0.29, 0.717) is 0 Å². The van der Waals surface area contributed by atoms with Crippen LogP contribution in [0.5, 0.6) is 0 Å². The van der Waals surface area contributed by atoms with Gasteiger partial charge in [-0.15, -0.1) is 0 Å².